The van der Waals surface area contributed by atoms with Gasteiger partial charge in [0.1, 0.15) is 4.88 Å². The number of aromatic nitrogens is 1. The van der Waals surface area contributed by atoms with Crippen LogP contribution in [0.5, 0.6) is 0 Å². The van der Waals surface area contributed by atoms with Crippen molar-refractivity contribution in [3.63, 3.8) is 0 Å². The summed E-state index contributed by atoms with van der Waals surface area (Å²) in [5.74, 6) is -0.884. The quantitative estimate of drug-likeness (QED) is 0.844. The van der Waals surface area contributed by atoms with Crippen molar-refractivity contribution in [2.24, 2.45) is 0 Å². The fourth-order valence-electron chi connectivity index (χ4n) is 1.34. The van der Waals surface area contributed by atoms with Gasteiger partial charge in [-0.25, -0.2) is 4.79 Å². The van der Waals surface area contributed by atoms with Gasteiger partial charge < -0.3 is 5.11 Å². The summed E-state index contributed by atoms with van der Waals surface area (Å²) in [5.41, 5.74) is 1.78. The standard InChI is InChI=1S/C11H9NO2S/c1-7-6-9(11(13)14)15-10(7)8-4-2-3-5-12-8/h2-6H,1H3,(H,13,14). The Hall–Kier alpha value is -1.68. The second kappa shape index (κ2) is 3.82. The van der Waals surface area contributed by atoms with Gasteiger partial charge in [0.25, 0.3) is 0 Å². The highest BCUT2D eigenvalue weighted by atomic mass is 32.1. The number of thiophene rings is 1. The molecule has 0 fully saturated rings. The molecule has 0 saturated heterocycles. The Bertz CT molecular complexity index is 491. The van der Waals surface area contributed by atoms with Crippen molar-refractivity contribution in [3.8, 4) is 10.6 Å². The molecule has 3 nitrogen and oxygen atoms in total. The number of nitrogens with zero attached hydrogens (tertiary/aromatic N) is 1. The SMILES string of the molecule is Cc1cc(C(=O)O)sc1-c1ccccn1. The topological polar surface area (TPSA) is 50.2 Å². The van der Waals surface area contributed by atoms with Crippen LogP contribution < -0.4 is 0 Å². The number of pyridine rings is 1. The molecule has 0 saturated carbocycles. The highest BCUT2D eigenvalue weighted by Crippen LogP contribution is 2.30. The largest absolute Gasteiger partial charge is 0.477 e. The van der Waals surface area contributed by atoms with Crippen LogP contribution >= 0.6 is 11.3 Å². The van der Waals surface area contributed by atoms with Crippen molar-refractivity contribution in [2.45, 2.75) is 6.92 Å². The van der Waals surface area contributed by atoms with E-state index < -0.39 is 5.97 Å². The second-order valence-electron chi connectivity index (χ2n) is 3.14. The molecule has 0 radical (unpaired) electrons. The fraction of sp³-hybridized carbons (Fsp3) is 0.0909. The van der Waals surface area contributed by atoms with Crippen molar-refractivity contribution in [1.82, 2.24) is 4.98 Å². The van der Waals surface area contributed by atoms with Crippen LogP contribution in [0.25, 0.3) is 10.6 Å². The molecule has 15 heavy (non-hydrogen) atoms. The number of rotatable bonds is 2. The van der Waals surface area contributed by atoms with Crippen LogP contribution in [0.2, 0.25) is 0 Å². The predicted molar refractivity (Wildman–Crippen MR) is 59.2 cm³/mol. The summed E-state index contributed by atoms with van der Waals surface area (Å²) in [6.07, 6.45) is 1.70. The van der Waals surface area contributed by atoms with Gasteiger partial charge in [-0.3, -0.25) is 4.98 Å². The molecule has 0 aliphatic carbocycles. The van der Waals surface area contributed by atoms with Crippen molar-refractivity contribution >= 4 is 17.3 Å². The van der Waals surface area contributed by atoms with E-state index in [0.29, 0.717) is 4.88 Å². The Balaban J connectivity index is 2.50. The lowest BCUT2D eigenvalue weighted by Gasteiger charge is -1.96. The van der Waals surface area contributed by atoms with Gasteiger partial charge in [0, 0.05) is 6.20 Å². The number of aryl methyl sites for hydroxylation is 1. The minimum absolute atomic E-state index is 0.355. The third-order valence-electron chi connectivity index (χ3n) is 2.03. The van der Waals surface area contributed by atoms with Crippen molar-refractivity contribution in [3.05, 3.63) is 40.9 Å². The first kappa shape index (κ1) is 9.86. The normalized spacial score (nSPS) is 10.2. The zero-order valence-electron chi connectivity index (χ0n) is 8.10. The molecule has 0 aliphatic rings. The van der Waals surface area contributed by atoms with E-state index in [-0.39, 0.29) is 0 Å². The molecule has 0 amide bonds. The summed E-state index contributed by atoms with van der Waals surface area (Å²) in [5, 5.41) is 8.86. The van der Waals surface area contributed by atoms with Gasteiger partial charge >= 0.3 is 5.97 Å². The van der Waals surface area contributed by atoms with E-state index in [9.17, 15) is 4.79 Å². The Morgan fingerprint density at radius 1 is 1.47 bits per heavy atom. The molecule has 4 heteroatoms. The Kier molecular flexibility index (Phi) is 2.51. The lowest BCUT2D eigenvalue weighted by Crippen LogP contribution is -1.89. The molecule has 2 rings (SSSR count). The fourth-order valence-corrected chi connectivity index (χ4v) is 2.33. The summed E-state index contributed by atoms with van der Waals surface area (Å²) >= 11 is 1.26. The molecular formula is C11H9NO2S. The van der Waals surface area contributed by atoms with E-state index in [0.717, 1.165) is 16.1 Å². The highest BCUT2D eigenvalue weighted by molar-refractivity contribution is 7.17. The summed E-state index contributed by atoms with van der Waals surface area (Å²) in [4.78, 5) is 16.3. The lowest BCUT2D eigenvalue weighted by atomic mass is 10.2. The number of hydrogen-bond acceptors (Lipinski definition) is 3. The number of carboxylic acids is 1. The van der Waals surface area contributed by atoms with E-state index in [1.807, 2.05) is 25.1 Å². The molecule has 0 aliphatic heterocycles. The molecule has 2 aromatic rings. The molecule has 0 bridgehead atoms. The monoisotopic (exact) mass is 219 g/mol. The first-order chi connectivity index (χ1) is 7.18. The van der Waals surface area contributed by atoms with Gasteiger partial charge in [-0.05, 0) is 30.7 Å². The third-order valence-corrected chi connectivity index (χ3v) is 3.27. The second-order valence-corrected chi connectivity index (χ2v) is 4.20. The Labute approximate surface area is 91.0 Å². The summed E-state index contributed by atoms with van der Waals surface area (Å²) in [7, 11) is 0. The summed E-state index contributed by atoms with van der Waals surface area (Å²) in [6.45, 7) is 1.90. The van der Waals surface area contributed by atoms with Gasteiger partial charge in [-0.1, -0.05) is 6.07 Å². The molecule has 2 heterocycles. The lowest BCUT2D eigenvalue weighted by molar-refractivity contribution is 0.0702. The van der Waals surface area contributed by atoms with Crippen LogP contribution in [0, 0.1) is 6.92 Å². The Morgan fingerprint density at radius 3 is 2.80 bits per heavy atom. The molecule has 0 atom stereocenters. The highest BCUT2D eigenvalue weighted by Gasteiger charge is 2.12. The maximum Gasteiger partial charge on any atom is 0.345 e. The molecular weight excluding hydrogens is 210 g/mol. The predicted octanol–water partition coefficient (Wildman–Crippen LogP) is 2.82. The first-order valence-electron chi connectivity index (χ1n) is 4.43. The van der Waals surface area contributed by atoms with Crippen LogP contribution in [-0.2, 0) is 0 Å². The first-order valence-corrected chi connectivity index (χ1v) is 5.25. The average molecular weight is 219 g/mol. The van der Waals surface area contributed by atoms with Crippen LogP contribution in [0.3, 0.4) is 0 Å². The summed E-state index contributed by atoms with van der Waals surface area (Å²) in [6, 6.07) is 7.29. The van der Waals surface area contributed by atoms with E-state index in [1.165, 1.54) is 11.3 Å². The molecule has 2 aromatic heterocycles. The number of carbonyl (C=O) groups is 1. The Morgan fingerprint density at radius 2 is 2.27 bits per heavy atom. The number of carboxylic acid groups (broad SMARTS) is 1. The van der Waals surface area contributed by atoms with Gasteiger partial charge in [0.2, 0.25) is 0 Å². The van der Waals surface area contributed by atoms with Gasteiger partial charge in [-0.15, -0.1) is 11.3 Å². The molecule has 0 unspecified atom stereocenters. The van der Waals surface area contributed by atoms with Gasteiger partial charge in [0.05, 0.1) is 10.6 Å². The van der Waals surface area contributed by atoms with Crippen LogP contribution in [-0.4, -0.2) is 16.1 Å². The zero-order chi connectivity index (χ0) is 10.8. The van der Waals surface area contributed by atoms with Gasteiger partial charge in [-0.2, -0.15) is 0 Å². The van der Waals surface area contributed by atoms with Gasteiger partial charge in [0.15, 0.2) is 0 Å². The van der Waals surface area contributed by atoms with Crippen LogP contribution in [0.1, 0.15) is 15.2 Å². The maximum atomic E-state index is 10.8. The number of hydrogen-bond donors (Lipinski definition) is 1. The van der Waals surface area contributed by atoms with Crippen LogP contribution in [0.4, 0.5) is 0 Å². The van der Waals surface area contributed by atoms with Crippen molar-refractivity contribution < 1.29 is 9.90 Å². The average Bonchev–Trinajstić information content (AvgIpc) is 2.62. The molecule has 0 spiro atoms. The van der Waals surface area contributed by atoms with E-state index >= 15 is 0 Å². The minimum Gasteiger partial charge on any atom is -0.477 e. The van der Waals surface area contributed by atoms with E-state index in [2.05, 4.69) is 4.98 Å². The molecule has 76 valence electrons. The number of aromatic carboxylic acids is 1. The summed E-state index contributed by atoms with van der Waals surface area (Å²) < 4.78 is 0. The minimum atomic E-state index is -0.884. The van der Waals surface area contributed by atoms with E-state index in [1.54, 1.807) is 12.3 Å². The molecule has 1 N–H and O–H groups in total. The maximum absolute atomic E-state index is 10.8. The smallest absolute Gasteiger partial charge is 0.345 e. The zero-order valence-corrected chi connectivity index (χ0v) is 8.91. The third kappa shape index (κ3) is 1.89. The van der Waals surface area contributed by atoms with Crippen molar-refractivity contribution in [2.75, 3.05) is 0 Å². The molecule has 0 aromatic carbocycles. The van der Waals surface area contributed by atoms with Crippen LogP contribution in [0.15, 0.2) is 30.5 Å². The van der Waals surface area contributed by atoms with E-state index in [4.69, 9.17) is 5.11 Å². The van der Waals surface area contributed by atoms with Crippen molar-refractivity contribution in [1.29, 1.82) is 0 Å².